The number of aromatic nitrogens is 3. The van der Waals surface area contributed by atoms with Crippen molar-refractivity contribution >= 4 is 23.2 Å². The zero-order valence-corrected chi connectivity index (χ0v) is 16.3. The van der Waals surface area contributed by atoms with Crippen LogP contribution in [0.15, 0.2) is 24.8 Å². The third-order valence-corrected chi connectivity index (χ3v) is 5.05. The van der Waals surface area contributed by atoms with Gasteiger partial charge in [-0.05, 0) is 37.9 Å². The predicted molar refractivity (Wildman–Crippen MR) is 102 cm³/mol. The maximum atomic E-state index is 12.4. The second kappa shape index (κ2) is 9.05. The summed E-state index contributed by atoms with van der Waals surface area (Å²) in [6, 6.07) is 3.30. The highest BCUT2D eigenvalue weighted by Crippen LogP contribution is 2.35. The minimum absolute atomic E-state index is 0.0909. The molecule has 0 radical (unpaired) electrons. The van der Waals surface area contributed by atoms with Crippen LogP contribution in [0.2, 0.25) is 5.02 Å². The molecule has 1 fully saturated rings. The molecule has 2 heterocycles. The largest absolute Gasteiger partial charge is 0.495 e. The summed E-state index contributed by atoms with van der Waals surface area (Å²) in [5.74, 6) is 1.51. The number of halogens is 1. The fraction of sp³-hybridized carbons (Fsp3) is 0.500. The molecule has 1 N–H and O–H groups in total. The highest BCUT2D eigenvalue weighted by Gasteiger charge is 2.22. The second-order valence-corrected chi connectivity index (χ2v) is 7.02. The zero-order valence-electron chi connectivity index (χ0n) is 15.5. The molecule has 1 aromatic carbocycles. The number of piperidine rings is 1. The molecule has 1 aromatic heterocycles. The fourth-order valence-corrected chi connectivity index (χ4v) is 3.53. The van der Waals surface area contributed by atoms with E-state index in [1.165, 1.54) is 7.11 Å². The first kappa shape index (κ1) is 19.4. The average molecular weight is 394 g/mol. The summed E-state index contributed by atoms with van der Waals surface area (Å²) in [7, 11) is 3.07. The SMILES string of the molecule is COc1cc(OC)c(NC(=O)CN2CCC(Cn3cnnc3)CC2)cc1Cl. The normalized spacial score (nSPS) is 15.5. The monoisotopic (exact) mass is 393 g/mol. The van der Waals surface area contributed by atoms with E-state index < -0.39 is 0 Å². The van der Waals surface area contributed by atoms with Crippen LogP contribution in [0.1, 0.15) is 12.8 Å². The first-order chi connectivity index (χ1) is 13.1. The smallest absolute Gasteiger partial charge is 0.238 e. The highest BCUT2D eigenvalue weighted by atomic mass is 35.5. The summed E-state index contributed by atoms with van der Waals surface area (Å²) < 4.78 is 12.5. The van der Waals surface area contributed by atoms with Gasteiger partial charge in [-0.1, -0.05) is 11.6 Å². The van der Waals surface area contributed by atoms with Crippen LogP contribution in [-0.4, -0.2) is 59.4 Å². The van der Waals surface area contributed by atoms with Crippen molar-refractivity contribution in [2.24, 2.45) is 5.92 Å². The summed E-state index contributed by atoms with van der Waals surface area (Å²) in [6.07, 6.45) is 5.58. The summed E-state index contributed by atoms with van der Waals surface area (Å²) >= 11 is 6.15. The molecule has 0 bridgehead atoms. The number of likely N-dealkylation sites (tertiary alicyclic amines) is 1. The van der Waals surface area contributed by atoms with Gasteiger partial charge in [0.15, 0.2) is 0 Å². The summed E-state index contributed by atoms with van der Waals surface area (Å²) in [5.41, 5.74) is 0.538. The molecule has 0 aliphatic carbocycles. The van der Waals surface area contributed by atoms with E-state index in [1.54, 1.807) is 31.9 Å². The van der Waals surface area contributed by atoms with Gasteiger partial charge in [0, 0.05) is 12.6 Å². The fourth-order valence-electron chi connectivity index (χ4n) is 3.29. The molecule has 9 heteroatoms. The number of hydrogen-bond donors (Lipinski definition) is 1. The number of nitrogens with one attached hydrogen (secondary N) is 1. The van der Waals surface area contributed by atoms with Crippen LogP contribution in [0, 0.1) is 5.92 Å². The van der Waals surface area contributed by atoms with Crippen LogP contribution in [0.3, 0.4) is 0 Å². The molecular formula is C18H24ClN5O3. The van der Waals surface area contributed by atoms with E-state index in [0.717, 1.165) is 32.5 Å². The standard InChI is InChI=1S/C18H24ClN5O3/c1-26-16-8-17(27-2)15(7-14(16)19)22-18(25)10-23-5-3-13(4-6-23)9-24-11-20-21-12-24/h7-8,11-13H,3-6,9-10H2,1-2H3,(H,22,25). The lowest BCUT2D eigenvalue weighted by Crippen LogP contribution is -2.40. The lowest BCUT2D eigenvalue weighted by Gasteiger charge is -2.31. The minimum Gasteiger partial charge on any atom is -0.495 e. The van der Waals surface area contributed by atoms with E-state index in [0.29, 0.717) is 34.7 Å². The van der Waals surface area contributed by atoms with Crippen molar-refractivity contribution in [3.8, 4) is 11.5 Å². The zero-order chi connectivity index (χ0) is 19.2. The third kappa shape index (κ3) is 5.11. The molecule has 1 saturated heterocycles. The van der Waals surface area contributed by atoms with Gasteiger partial charge in [0.05, 0.1) is 31.5 Å². The summed E-state index contributed by atoms with van der Waals surface area (Å²) in [4.78, 5) is 14.6. The molecule has 27 heavy (non-hydrogen) atoms. The Kier molecular flexibility index (Phi) is 6.52. The average Bonchev–Trinajstić information content (AvgIpc) is 3.16. The number of ether oxygens (including phenoxy) is 2. The van der Waals surface area contributed by atoms with Gasteiger partial charge in [0.1, 0.15) is 24.2 Å². The molecule has 8 nitrogen and oxygen atoms in total. The maximum Gasteiger partial charge on any atom is 0.238 e. The van der Waals surface area contributed by atoms with Gasteiger partial charge in [0.2, 0.25) is 5.91 Å². The number of nitrogens with zero attached hydrogens (tertiary/aromatic N) is 4. The van der Waals surface area contributed by atoms with Crippen molar-refractivity contribution in [1.82, 2.24) is 19.7 Å². The Morgan fingerprint density at radius 1 is 1.19 bits per heavy atom. The van der Waals surface area contributed by atoms with Crippen molar-refractivity contribution in [3.05, 3.63) is 29.8 Å². The Hall–Kier alpha value is -2.32. The highest BCUT2D eigenvalue weighted by molar-refractivity contribution is 6.32. The number of amides is 1. The van der Waals surface area contributed by atoms with E-state index in [2.05, 4.69) is 20.4 Å². The van der Waals surface area contributed by atoms with E-state index in [1.807, 2.05) is 4.57 Å². The first-order valence-electron chi connectivity index (χ1n) is 8.85. The number of rotatable bonds is 7. The van der Waals surface area contributed by atoms with Crippen molar-refractivity contribution < 1.29 is 14.3 Å². The quantitative estimate of drug-likeness (QED) is 0.777. The van der Waals surface area contributed by atoms with Crippen molar-refractivity contribution in [2.75, 3.05) is 39.2 Å². The van der Waals surface area contributed by atoms with E-state index in [9.17, 15) is 4.79 Å². The number of carbonyl (C=O) groups is 1. The Labute approximate surface area is 163 Å². The topological polar surface area (TPSA) is 81.5 Å². The van der Waals surface area contributed by atoms with Crippen LogP contribution >= 0.6 is 11.6 Å². The lowest BCUT2D eigenvalue weighted by atomic mass is 9.97. The van der Waals surface area contributed by atoms with Gasteiger partial charge in [-0.3, -0.25) is 9.69 Å². The number of benzene rings is 1. The van der Waals surface area contributed by atoms with E-state index in [4.69, 9.17) is 21.1 Å². The lowest BCUT2D eigenvalue weighted by molar-refractivity contribution is -0.117. The van der Waals surface area contributed by atoms with Gasteiger partial charge in [0.25, 0.3) is 0 Å². The number of carbonyl (C=O) groups excluding carboxylic acids is 1. The molecule has 0 spiro atoms. The summed E-state index contributed by atoms with van der Waals surface area (Å²) in [6.45, 7) is 3.04. The molecule has 2 aromatic rings. The molecule has 146 valence electrons. The Balaban J connectivity index is 1.51. The van der Waals surface area contributed by atoms with Crippen molar-refractivity contribution in [1.29, 1.82) is 0 Å². The Morgan fingerprint density at radius 3 is 2.48 bits per heavy atom. The van der Waals surface area contributed by atoms with Crippen LogP contribution in [0.5, 0.6) is 11.5 Å². The molecule has 1 amide bonds. The summed E-state index contributed by atoms with van der Waals surface area (Å²) in [5, 5.41) is 11.0. The molecule has 0 unspecified atom stereocenters. The van der Waals surface area contributed by atoms with Gasteiger partial charge in [-0.15, -0.1) is 10.2 Å². The minimum atomic E-state index is -0.0909. The molecule has 0 saturated carbocycles. The predicted octanol–water partition coefficient (Wildman–Crippen LogP) is 2.30. The number of anilines is 1. The molecule has 0 atom stereocenters. The second-order valence-electron chi connectivity index (χ2n) is 6.61. The third-order valence-electron chi connectivity index (χ3n) is 4.76. The van der Waals surface area contributed by atoms with Gasteiger partial charge >= 0.3 is 0 Å². The maximum absolute atomic E-state index is 12.4. The van der Waals surface area contributed by atoms with E-state index in [-0.39, 0.29) is 5.91 Å². The van der Waals surface area contributed by atoms with Gasteiger partial charge < -0.3 is 19.4 Å². The Bertz CT molecular complexity index is 761. The molecule has 1 aliphatic heterocycles. The van der Waals surface area contributed by atoms with Gasteiger partial charge in [-0.25, -0.2) is 0 Å². The van der Waals surface area contributed by atoms with Crippen molar-refractivity contribution in [3.63, 3.8) is 0 Å². The number of hydrogen-bond acceptors (Lipinski definition) is 6. The Morgan fingerprint density at radius 2 is 1.85 bits per heavy atom. The van der Waals surface area contributed by atoms with Crippen LogP contribution in [-0.2, 0) is 11.3 Å². The molecular weight excluding hydrogens is 370 g/mol. The van der Waals surface area contributed by atoms with E-state index >= 15 is 0 Å². The number of methoxy groups -OCH3 is 2. The van der Waals surface area contributed by atoms with Gasteiger partial charge in [-0.2, -0.15) is 0 Å². The van der Waals surface area contributed by atoms with Crippen LogP contribution < -0.4 is 14.8 Å². The first-order valence-corrected chi connectivity index (χ1v) is 9.23. The molecule has 3 rings (SSSR count). The molecule has 1 aliphatic rings. The van der Waals surface area contributed by atoms with Crippen LogP contribution in [0.4, 0.5) is 5.69 Å². The van der Waals surface area contributed by atoms with Crippen LogP contribution in [0.25, 0.3) is 0 Å². The van der Waals surface area contributed by atoms with Crippen molar-refractivity contribution in [2.45, 2.75) is 19.4 Å².